The highest BCUT2D eigenvalue weighted by Gasteiger charge is 2.10. The summed E-state index contributed by atoms with van der Waals surface area (Å²) < 4.78 is 23.4. The minimum absolute atomic E-state index is 0. The van der Waals surface area contributed by atoms with Gasteiger partial charge in [0, 0.05) is 17.7 Å². The summed E-state index contributed by atoms with van der Waals surface area (Å²) in [6.07, 6.45) is 1.23. The quantitative estimate of drug-likeness (QED) is 0.356. The maximum atomic E-state index is 11.7. The number of aliphatic imine (C=N–C) groups is 1. The van der Waals surface area contributed by atoms with Crippen LogP contribution in [0.1, 0.15) is 28.5 Å². The molecule has 0 aliphatic heterocycles. The molecule has 2 rings (SSSR count). The Hall–Kier alpha value is -1.13. The molecule has 2 aromatic rings. The lowest BCUT2D eigenvalue weighted by Crippen LogP contribution is -2.36. The second-order valence-corrected chi connectivity index (χ2v) is 8.93. The molecule has 2 N–H and O–H groups in total. The van der Waals surface area contributed by atoms with Crippen LogP contribution in [0.2, 0.25) is 0 Å². The molecule has 1 heterocycles. The van der Waals surface area contributed by atoms with Gasteiger partial charge in [0.05, 0.1) is 18.0 Å². The van der Waals surface area contributed by atoms with Crippen LogP contribution in [0.5, 0.6) is 0 Å². The first-order valence-corrected chi connectivity index (χ1v) is 10.9. The van der Waals surface area contributed by atoms with Gasteiger partial charge in [0.15, 0.2) is 15.8 Å². The SMILES string of the molecule is CCNC(=NCc1ccc(S(C)(=O)=O)c(C)c1)NCc1sccc1C.I. The zero-order valence-corrected chi connectivity index (χ0v) is 19.5. The number of benzene rings is 1. The van der Waals surface area contributed by atoms with Crippen molar-refractivity contribution in [1.82, 2.24) is 10.6 Å². The molecule has 0 bridgehead atoms. The van der Waals surface area contributed by atoms with Gasteiger partial charge in [-0.05, 0) is 55.0 Å². The summed E-state index contributed by atoms with van der Waals surface area (Å²) in [5.74, 6) is 0.750. The van der Waals surface area contributed by atoms with Crippen molar-refractivity contribution < 1.29 is 8.42 Å². The number of rotatable bonds is 6. The highest BCUT2D eigenvalue weighted by Crippen LogP contribution is 2.17. The predicted octanol–water partition coefficient (Wildman–Crippen LogP) is 3.64. The van der Waals surface area contributed by atoms with Crippen LogP contribution in [0.3, 0.4) is 0 Å². The highest BCUT2D eigenvalue weighted by molar-refractivity contribution is 14.0. The van der Waals surface area contributed by atoms with Gasteiger partial charge >= 0.3 is 0 Å². The Kier molecular flexibility index (Phi) is 9.05. The molecule has 0 radical (unpaired) electrons. The van der Waals surface area contributed by atoms with Crippen LogP contribution in [-0.2, 0) is 22.9 Å². The first kappa shape index (κ1) is 22.9. The van der Waals surface area contributed by atoms with E-state index in [1.807, 2.05) is 26.0 Å². The fourth-order valence-electron chi connectivity index (χ4n) is 2.49. The summed E-state index contributed by atoms with van der Waals surface area (Å²) in [7, 11) is -3.19. The molecule has 0 aliphatic carbocycles. The number of hydrogen-bond donors (Lipinski definition) is 2. The molecule has 1 aromatic carbocycles. The third-order valence-electron chi connectivity index (χ3n) is 3.79. The van der Waals surface area contributed by atoms with E-state index in [2.05, 4.69) is 34.0 Å². The number of sulfone groups is 1. The number of guanidine groups is 1. The average Bonchev–Trinajstić information content (AvgIpc) is 2.94. The fourth-order valence-corrected chi connectivity index (χ4v) is 4.29. The van der Waals surface area contributed by atoms with E-state index in [1.54, 1.807) is 17.4 Å². The molecule has 5 nitrogen and oxygen atoms in total. The molecule has 0 spiro atoms. The minimum atomic E-state index is -3.19. The molecule has 0 unspecified atom stereocenters. The van der Waals surface area contributed by atoms with Crippen LogP contribution in [0.25, 0.3) is 0 Å². The van der Waals surface area contributed by atoms with Crippen molar-refractivity contribution in [3.63, 3.8) is 0 Å². The van der Waals surface area contributed by atoms with Gasteiger partial charge in [-0.15, -0.1) is 35.3 Å². The van der Waals surface area contributed by atoms with Crippen LogP contribution in [0.4, 0.5) is 0 Å². The van der Waals surface area contributed by atoms with E-state index >= 15 is 0 Å². The van der Waals surface area contributed by atoms with Crippen molar-refractivity contribution in [1.29, 1.82) is 0 Å². The third-order valence-corrected chi connectivity index (χ3v) is 6.07. The zero-order valence-electron chi connectivity index (χ0n) is 15.5. The molecular weight excluding hydrogens is 481 g/mol. The van der Waals surface area contributed by atoms with Crippen LogP contribution in [-0.4, -0.2) is 27.2 Å². The van der Waals surface area contributed by atoms with Crippen LogP contribution < -0.4 is 10.6 Å². The van der Waals surface area contributed by atoms with E-state index in [4.69, 9.17) is 0 Å². The van der Waals surface area contributed by atoms with Crippen LogP contribution in [0, 0.1) is 13.8 Å². The molecule has 0 fully saturated rings. The minimum Gasteiger partial charge on any atom is -0.357 e. The van der Waals surface area contributed by atoms with E-state index < -0.39 is 9.84 Å². The standard InChI is InChI=1S/C18H25N3O2S2.HI/c1-5-19-18(21-12-16-13(2)8-9-24-16)20-11-15-6-7-17(14(3)10-15)25(4,22)23;/h6-10H,5,11-12H2,1-4H3,(H2,19,20,21);1H. The lowest BCUT2D eigenvalue weighted by Gasteiger charge is -2.11. The molecule has 0 aliphatic rings. The maximum absolute atomic E-state index is 11.7. The Morgan fingerprint density at radius 2 is 1.88 bits per heavy atom. The van der Waals surface area contributed by atoms with Crippen molar-refractivity contribution in [2.24, 2.45) is 4.99 Å². The predicted molar refractivity (Wildman–Crippen MR) is 120 cm³/mol. The molecule has 1 aromatic heterocycles. The Labute approximate surface area is 177 Å². The van der Waals surface area contributed by atoms with E-state index in [1.165, 1.54) is 16.7 Å². The number of thiophene rings is 1. The number of halogens is 1. The van der Waals surface area contributed by atoms with Crippen LogP contribution in [0.15, 0.2) is 39.5 Å². The van der Waals surface area contributed by atoms with E-state index in [9.17, 15) is 8.42 Å². The first-order chi connectivity index (χ1) is 11.8. The summed E-state index contributed by atoms with van der Waals surface area (Å²) in [6, 6.07) is 7.47. The summed E-state index contributed by atoms with van der Waals surface area (Å²) >= 11 is 1.73. The smallest absolute Gasteiger partial charge is 0.191 e. The van der Waals surface area contributed by atoms with Crippen molar-refractivity contribution in [3.8, 4) is 0 Å². The highest BCUT2D eigenvalue weighted by atomic mass is 127. The van der Waals surface area contributed by atoms with Gasteiger partial charge in [0.1, 0.15) is 0 Å². The van der Waals surface area contributed by atoms with Crippen molar-refractivity contribution in [3.05, 3.63) is 51.2 Å². The number of nitrogens with zero attached hydrogens (tertiary/aromatic N) is 1. The number of aryl methyl sites for hydroxylation is 2. The molecule has 0 saturated carbocycles. The molecule has 0 amide bonds. The van der Waals surface area contributed by atoms with Gasteiger partial charge in [-0.3, -0.25) is 0 Å². The monoisotopic (exact) mass is 507 g/mol. The van der Waals surface area contributed by atoms with E-state index in [0.717, 1.165) is 30.2 Å². The Morgan fingerprint density at radius 3 is 2.42 bits per heavy atom. The Morgan fingerprint density at radius 1 is 1.15 bits per heavy atom. The third kappa shape index (κ3) is 6.55. The zero-order chi connectivity index (χ0) is 18.4. The lowest BCUT2D eigenvalue weighted by atomic mass is 10.1. The van der Waals surface area contributed by atoms with Crippen LogP contribution >= 0.6 is 35.3 Å². The van der Waals surface area contributed by atoms with Crippen molar-refractivity contribution >= 4 is 51.1 Å². The second kappa shape index (κ2) is 10.3. The maximum Gasteiger partial charge on any atom is 0.191 e. The van der Waals surface area contributed by atoms with Crippen molar-refractivity contribution in [2.75, 3.05) is 12.8 Å². The van der Waals surface area contributed by atoms with Crippen molar-refractivity contribution in [2.45, 2.75) is 38.8 Å². The normalized spacial score (nSPS) is 11.8. The largest absolute Gasteiger partial charge is 0.357 e. The summed E-state index contributed by atoms with van der Waals surface area (Å²) in [5, 5.41) is 8.66. The van der Waals surface area contributed by atoms with Gasteiger partial charge in [0.2, 0.25) is 0 Å². The summed E-state index contributed by atoms with van der Waals surface area (Å²) in [4.78, 5) is 6.26. The fraction of sp³-hybridized carbons (Fsp3) is 0.389. The second-order valence-electron chi connectivity index (χ2n) is 5.95. The molecule has 144 valence electrons. The molecule has 8 heteroatoms. The lowest BCUT2D eigenvalue weighted by molar-refractivity contribution is 0.601. The Bertz CT molecular complexity index is 861. The molecule has 26 heavy (non-hydrogen) atoms. The molecule has 0 atom stereocenters. The Balaban J connectivity index is 0.00000338. The number of hydrogen-bond acceptors (Lipinski definition) is 4. The first-order valence-electron chi connectivity index (χ1n) is 8.16. The van der Waals surface area contributed by atoms with E-state index in [0.29, 0.717) is 11.4 Å². The van der Waals surface area contributed by atoms with Gasteiger partial charge in [0.25, 0.3) is 0 Å². The summed E-state index contributed by atoms with van der Waals surface area (Å²) in [5.41, 5.74) is 3.01. The molecule has 0 saturated heterocycles. The van der Waals surface area contributed by atoms with Gasteiger partial charge in [-0.1, -0.05) is 12.1 Å². The average molecular weight is 507 g/mol. The molecular formula is C18H26IN3O2S2. The topological polar surface area (TPSA) is 70.6 Å². The van der Waals surface area contributed by atoms with E-state index in [-0.39, 0.29) is 24.0 Å². The van der Waals surface area contributed by atoms with Gasteiger partial charge in [-0.25, -0.2) is 13.4 Å². The van der Waals surface area contributed by atoms with Gasteiger partial charge < -0.3 is 10.6 Å². The van der Waals surface area contributed by atoms with Gasteiger partial charge in [-0.2, -0.15) is 0 Å². The summed E-state index contributed by atoms with van der Waals surface area (Å²) in [6.45, 7) is 7.95. The number of nitrogens with one attached hydrogen (secondary N) is 2.